The normalized spacial score (nSPS) is 22.3. The third-order valence-corrected chi connectivity index (χ3v) is 6.16. The van der Waals surface area contributed by atoms with Crippen molar-refractivity contribution in [1.29, 1.82) is 0 Å². The highest BCUT2D eigenvalue weighted by molar-refractivity contribution is 7.07. The molecule has 0 unspecified atom stereocenters. The highest BCUT2D eigenvalue weighted by Gasteiger charge is 2.33. The number of likely N-dealkylation sites (N-methyl/N-ethyl adjacent to an activating group) is 1. The van der Waals surface area contributed by atoms with Gasteiger partial charge in [-0.1, -0.05) is 12.8 Å². The lowest BCUT2D eigenvalue weighted by Crippen LogP contribution is -2.55. The molecule has 1 saturated carbocycles. The Kier molecular flexibility index (Phi) is 5.72. The van der Waals surface area contributed by atoms with Gasteiger partial charge in [-0.3, -0.25) is 9.69 Å². The summed E-state index contributed by atoms with van der Waals surface area (Å²) in [6.07, 6.45) is 4.87. The van der Waals surface area contributed by atoms with Gasteiger partial charge in [-0.25, -0.2) is 0 Å². The maximum Gasteiger partial charge on any atom is 0.240 e. The number of hydrogen-bond donors (Lipinski definition) is 0. The maximum absolute atomic E-state index is 13.2. The minimum Gasteiger partial charge on any atom is -0.334 e. The lowest BCUT2D eigenvalue weighted by atomic mass is 10.1. The molecular formula is C18H29N3OS. The van der Waals surface area contributed by atoms with Crippen LogP contribution in [-0.2, 0) is 11.3 Å². The van der Waals surface area contributed by atoms with Crippen molar-refractivity contribution in [3.63, 3.8) is 0 Å². The predicted molar refractivity (Wildman–Crippen MR) is 95.7 cm³/mol. The van der Waals surface area contributed by atoms with Crippen molar-refractivity contribution in [3.8, 4) is 0 Å². The van der Waals surface area contributed by atoms with E-state index >= 15 is 0 Å². The second kappa shape index (κ2) is 7.77. The number of carbonyl (C=O) groups is 1. The van der Waals surface area contributed by atoms with Crippen molar-refractivity contribution in [2.24, 2.45) is 0 Å². The minimum atomic E-state index is 0.00272. The van der Waals surface area contributed by atoms with Crippen LogP contribution in [0, 0.1) is 0 Å². The van der Waals surface area contributed by atoms with Crippen LogP contribution < -0.4 is 0 Å². The Morgan fingerprint density at radius 1 is 1.30 bits per heavy atom. The Bertz CT molecular complexity index is 490. The summed E-state index contributed by atoms with van der Waals surface area (Å²) < 4.78 is 0. The average Bonchev–Trinajstić information content (AvgIpc) is 3.25. The van der Waals surface area contributed by atoms with E-state index in [1.807, 2.05) is 0 Å². The van der Waals surface area contributed by atoms with E-state index in [4.69, 9.17) is 0 Å². The number of hydrogen-bond acceptors (Lipinski definition) is 4. The highest BCUT2D eigenvalue weighted by atomic mass is 32.1. The SMILES string of the molecule is C[C@H](C(=O)N(Cc1ccsc1)C1CCCC1)N1CCN(C)CC1. The molecule has 128 valence electrons. The van der Waals surface area contributed by atoms with Gasteiger partial charge in [-0.05, 0) is 49.2 Å². The van der Waals surface area contributed by atoms with Crippen molar-refractivity contribution in [3.05, 3.63) is 22.4 Å². The first-order valence-corrected chi connectivity index (χ1v) is 9.83. The molecule has 0 bridgehead atoms. The lowest BCUT2D eigenvalue weighted by Gasteiger charge is -2.39. The molecule has 0 spiro atoms. The molecule has 2 heterocycles. The Morgan fingerprint density at radius 2 is 2.00 bits per heavy atom. The second-order valence-corrected chi connectivity index (χ2v) is 7.83. The molecule has 5 heteroatoms. The molecule has 0 N–H and O–H groups in total. The third kappa shape index (κ3) is 4.14. The fraction of sp³-hybridized carbons (Fsp3) is 0.722. The summed E-state index contributed by atoms with van der Waals surface area (Å²) in [5.41, 5.74) is 1.28. The van der Waals surface area contributed by atoms with E-state index in [1.54, 1.807) is 11.3 Å². The highest BCUT2D eigenvalue weighted by Crippen LogP contribution is 2.27. The molecular weight excluding hydrogens is 306 g/mol. The van der Waals surface area contributed by atoms with E-state index in [1.165, 1.54) is 31.2 Å². The van der Waals surface area contributed by atoms with Crippen LogP contribution >= 0.6 is 11.3 Å². The number of thiophene rings is 1. The first-order chi connectivity index (χ1) is 11.1. The Hall–Kier alpha value is -0.910. The van der Waals surface area contributed by atoms with Crippen LogP contribution in [0.25, 0.3) is 0 Å². The molecule has 3 rings (SSSR count). The fourth-order valence-corrected chi connectivity index (χ4v) is 4.45. The summed E-state index contributed by atoms with van der Waals surface area (Å²) in [4.78, 5) is 20.1. The second-order valence-electron chi connectivity index (χ2n) is 7.05. The summed E-state index contributed by atoms with van der Waals surface area (Å²) in [5.74, 6) is 0.327. The van der Waals surface area contributed by atoms with Crippen LogP contribution in [0.4, 0.5) is 0 Å². The summed E-state index contributed by atoms with van der Waals surface area (Å²) in [6.45, 7) is 7.01. The van der Waals surface area contributed by atoms with Gasteiger partial charge < -0.3 is 9.80 Å². The van der Waals surface area contributed by atoms with Crippen LogP contribution in [0.2, 0.25) is 0 Å². The van der Waals surface area contributed by atoms with Crippen LogP contribution in [0.5, 0.6) is 0 Å². The van der Waals surface area contributed by atoms with Crippen molar-refractivity contribution < 1.29 is 4.79 Å². The summed E-state index contributed by atoms with van der Waals surface area (Å²) in [6, 6.07) is 2.60. The molecule has 2 aliphatic rings. The van der Waals surface area contributed by atoms with Gasteiger partial charge in [0.2, 0.25) is 5.91 Å². The third-order valence-electron chi connectivity index (χ3n) is 5.42. The van der Waals surface area contributed by atoms with Gasteiger partial charge in [0.1, 0.15) is 0 Å². The molecule has 1 amide bonds. The van der Waals surface area contributed by atoms with Crippen molar-refractivity contribution in [1.82, 2.24) is 14.7 Å². The largest absolute Gasteiger partial charge is 0.334 e. The molecule has 1 aromatic heterocycles. The quantitative estimate of drug-likeness (QED) is 0.828. The number of amides is 1. The van der Waals surface area contributed by atoms with E-state index in [-0.39, 0.29) is 6.04 Å². The first kappa shape index (κ1) is 16.9. The first-order valence-electron chi connectivity index (χ1n) is 8.89. The van der Waals surface area contributed by atoms with E-state index in [0.717, 1.165) is 32.7 Å². The van der Waals surface area contributed by atoms with Gasteiger partial charge in [0, 0.05) is 38.8 Å². The molecule has 0 radical (unpaired) electrons. The van der Waals surface area contributed by atoms with E-state index in [2.05, 4.69) is 45.5 Å². The van der Waals surface area contributed by atoms with Crippen molar-refractivity contribution in [2.75, 3.05) is 33.2 Å². The van der Waals surface area contributed by atoms with Gasteiger partial charge in [-0.2, -0.15) is 11.3 Å². The van der Waals surface area contributed by atoms with Crippen LogP contribution in [0.3, 0.4) is 0 Å². The molecule has 0 aromatic carbocycles. The molecule has 1 saturated heterocycles. The lowest BCUT2D eigenvalue weighted by molar-refractivity contribution is -0.140. The standard InChI is InChI=1S/C18H29N3OS/c1-15(20-10-8-19(2)9-11-20)18(22)21(17-5-3-4-6-17)13-16-7-12-23-14-16/h7,12,14-15,17H,3-6,8-11,13H2,1-2H3/t15-/m1/s1. The molecule has 1 aromatic rings. The monoisotopic (exact) mass is 335 g/mol. The molecule has 23 heavy (non-hydrogen) atoms. The van der Waals surface area contributed by atoms with Crippen LogP contribution in [-0.4, -0.2) is 65.9 Å². The Labute approximate surface area is 144 Å². The van der Waals surface area contributed by atoms with E-state index < -0.39 is 0 Å². The fourth-order valence-electron chi connectivity index (χ4n) is 3.79. The van der Waals surface area contributed by atoms with E-state index in [9.17, 15) is 4.79 Å². The molecule has 1 aliphatic carbocycles. The van der Waals surface area contributed by atoms with Gasteiger partial charge in [-0.15, -0.1) is 0 Å². The summed E-state index contributed by atoms with van der Waals surface area (Å²) in [5, 5.41) is 4.28. The molecule has 1 aliphatic heterocycles. The zero-order valence-corrected chi connectivity index (χ0v) is 15.2. The predicted octanol–water partition coefficient (Wildman–Crippen LogP) is 2.66. The average molecular weight is 336 g/mol. The van der Waals surface area contributed by atoms with Gasteiger partial charge >= 0.3 is 0 Å². The number of piperazine rings is 1. The number of rotatable bonds is 5. The summed E-state index contributed by atoms with van der Waals surface area (Å²) >= 11 is 1.72. The molecule has 4 nitrogen and oxygen atoms in total. The van der Waals surface area contributed by atoms with Crippen molar-refractivity contribution in [2.45, 2.75) is 51.2 Å². The Balaban J connectivity index is 1.68. The maximum atomic E-state index is 13.2. The van der Waals surface area contributed by atoms with Crippen LogP contribution in [0.15, 0.2) is 16.8 Å². The summed E-state index contributed by atoms with van der Waals surface area (Å²) in [7, 11) is 2.16. The zero-order chi connectivity index (χ0) is 16.2. The minimum absolute atomic E-state index is 0.00272. The smallest absolute Gasteiger partial charge is 0.240 e. The van der Waals surface area contributed by atoms with Crippen LogP contribution in [0.1, 0.15) is 38.2 Å². The number of nitrogens with zero attached hydrogens (tertiary/aromatic N) is 3. The zero-order valence-electron chi connectivity index (χ0n) is 14.4. The van der Waals surface area contributed by atoms with Gasteiger partial charge in [0.05, 0.1) is 6.04 Å². The number of carbonyl (C=O) groups excluding carboxylic acids is 1. The molecule has 2 fully saturated rings. The van der Waals surface area contributed by atoms with Gasteiger partial charge in [0.15, 0.2) is 0 Å². The molecule has 1 atom stereocenters. The topological polar surface area (TPSA) is 26.8 Å². The van der Waals surface area contributed by atoms with Gasteiger partial charge in [0.25, 0.3) is 0 Å². The Morgan fingerprint density at radius 3 is 2.61 bits per heavy atom. The van der Waals surface area contributed by atoms with Crippen molar-refractivity contribution >= 4 is 17.2 Å². The van der Waals surface area contributed by atoms with E-state index in [0.29, 0.717) is 11.9 Å².